The predicted molar refractivity (Wildman–Crippen MR) is 193 cm³/mol. The Balaban J connectivity index is 1.32. The number of aromatic nitrogens is 1. The summed E-state index contributed by atoms with van der Waals surface area (Å²) in [6.07, 6.45) is 13.0. The van der Waals surface area contributed by atoms with Gasteiger partial charge in [0.15, 0.2) is 0 Å². The lowest BCUT2D eigenvalue weighted by molar-refractivity contribution is 0.466. The summed E-state index contributed by atoms with van der Waals surface area (Å²) in [5.74, 6) is 0.802. The molecule has 1 heterocycles. The van der Waals surface area contributed by atoms with E-state index in [1.54, 1.807) is 0 Å². The number of para-hydroxylation sites is 1. The van der Waals surface area contributed by atoms with Gasteiger partial charge in [-0.15, -0.1) is 0 Å². The van der Waals surface area contributed by atoms with Crippen molar-refractivity contribution in [2.75, 3.05) is 0 Å². The van der Waals surface area contributed by atoms with Gasteiger partial charge in [-0.05, 0) is 81.8 Å². The first-order valence-electron chi connectivity index (χ1n) is 16.6. The number of hydrogen-bond donors (Lipinski definition) is 1. The Hall–Kier alpha value is -5.08. The number of fused-ring (bicyclic) bond motifs is 8. The van der Waals surface area contributed by atoms with Gasteiger partial charge in [0.2, 0.25) is 0 Å². The molecule has 6 aromatic rings. The van der Waals surface area contributed by atoms with Crippen LogP contribution in [-0.2, 0) is 11.8 Å². The maximum Gasteiger partial charge on any atom is 0.130 e. The molecular weight excluding hydrogens is 558 g/mol. The van der Waals surface area contributed by atoms with E-state index in [9.17, 15) is 5.11 Å². The van der Waals surface area contributed by atoms with Crippen LogP contribution in [0.5, 0.6) is 5.75 Å². The number of allylic oxidation sites excluding steroid dienone is 5. The third kappa shape index (κ3) is 3.76. The molecular formula is C44H37NO. The largest absolute Gasteiger partial charge is 0.507 e. The zero-order valence-electron chi connectivity index (χ0n) is 26.6. The maximum atomic E-state index is 12.5. The zero-order chi connectivity index (χ0) is 31.2. The summed E-state index contributed by atoms with van der Waals surface area (Å²) in [5.41, 5.74) is 13.7. The molecule has 0 fully saturated rings. The average molecular weight is 596 g/mol. The minimum Gasteiger partial charge on any atom is -0.507 e. The van der Waals surface area contributed by atoms with Gasteiger partial charge in [0.25, 0.3) is 0 Å². The van der Waals surface area contributed by atoms with Crippen molar-refractivity contribution >= 4 is 33.3 Å². The molecule has 0 saturated carbocycles. The van der Waals surface area contributed by atoms with E-state index in [4.69, 9.17) is 0 Å². The van der Waals surface area contributed by atoms with Crippen LogP contribution >= 0.6 is 0 Å². The van der Waals surface area contributed by atoms with Crippen molar-refractivity contribution in [3.05, 3.63) is 155 Å². The summed E-state index contributed by atoms with van der Waals surface area (Å²) in [7, 11) is 0. The fourth-order valence-corrected chi connectivity index (χ4v) is 8.63. The molecule has 2 unspecified atom stereocenters. The quantitative estimate of drug-likeness (QED) is 0.216. The van der Waals surface area contributed by atoms with Gasteiger partial charge < -0.3 is 9.67 Å². The third-order valence-corrected chi connectivity index (χ3v) is 10.9. The molecule has 9 rings (SSSR count). The Morgan fingerprint density at radius 2 is 1.46 bits per heavy atom. The van der Waals surface area contributed by atoms with Crippen LogP contribution in [0.1, 0.15) is 66.6 Å². The highest BCUT2D eigenvalue weighted by Crippen LogP contribution is 2.52. The van der Waals surface area contributed by atoms with Crippen LogP contribution in [0.4, 0.5) is 0 Å². The zero-order valence-corrected chi connectivity index (χ0v) is 26.6. The Kier molecular flexibility index (Phi) is 5.90. The highest BCUT2D eigenvalue weighted by Gasteiger charge is 2.36. The highest BCUT2D eigenvalue weighted by molar-refractivity contribution is 6.16. The second-order valence-electron chi connectivity index (χ2n) is 13.8. The number of benzene rings is 5. The van der Waals surface area contributed by atoms with Gasteiger partial charge in [0.1, 0.15) is 5.75 Å². The van der Waals surface area contributed by atoms with Crippen molar-refractivity contribution in [1.29, 1.82) is 0 Å². The molecule has 3 aliphatic rings. The Morgan fingerprint density at radius 3 is 2.28 bits per heavy atom. The molecule has 0 saturated heterocycles. The lowest BCUT2D eigenvalue weighted by atomic mass is 9.80. The first kappa shape index (κ1) is 27.2. The molecule has 224 valence electrons. The van der Waals surface area contributed by atoms with Gasteiger partial charge in [-0.3, -0.25) is 0 Å². The van der Waals surface area contributed by atoms with E-state index in [1.165, 1.54) is 44.5 Å². The number of aromatic hydroxyl groups is 1. The lowest BCUT2D eigenvalue weighted by Gasteiger charge is -2.24. The van der Waals surface area contributed by atoms with Crippen LogP contribution in [0, 0.1) is 5.92 Å². The van der Waals surface area contributed by atoms with Crippen LogP contribution in [0.15, 0.2) is 121 Å². The molecule has 3 aliphatic carbocycles. The molecule has 1 aromatic heterocycles. The van der Waals surface area contributed by atoms with E-state index >= 15 is 0 Å². The SMILES string of the molecule is CC1C=CC=CC1c1c(O)c2c3c(n(-c4ccccc4)c2c2ccccc12)CCC(c1ccc2c(c1)C(C)(C)c1ccccc1-2)=C3. The van der Waals surface area contributed by atoms with Gasteiger partial charge in [-0.1, -0.05) is 124 Å². The van der Waals surface area contributed by atoms with Crippen molar-refractivity contribution in [2.45, 2.75) is 44.9 Å². The van der Waals surface area contributed by atoms with E-state index < -0.39 is 0 Å². The molecule has 0 bridgehead atoms. The first-order valence-corrected chi connectivity index (χ1v) is 16.6. The minimum atomic E-state index is -0.0452. The van der Waals surface area contributed by atoms with Gasteiger partial charge >= 0.3 is 0 Å². The summed E-state index contributed by atoms with van der Waals surface area (Å²) >= 11 is 0. The standard InChI is InChI=1S/C44H37NO/c1-27-13-7-8-16-31(27)40-34-18-9-10-19-35(34)42-41(43(40)46)36-25-28(22-24-39(36)45(42)30-14-5-4-6-15-30)29-21-23-33-32-17-11-12-20-37(32)44(2,3)38(33)26-29/h4-21,23,25-27,31,46H,22,24H2,1-3H3. The molecule has 0 radical (unpaired) electrons. The summed E-state index contributed by atoms with van der Waals surface area (Å²) in [6, 6.07) is 35.3. The van der Waals surface area contributed by atoms with Crippen LogP contribution in [0.25, 0.3) is 50.1 Å². The van der Waals surface area contributed by atoms with Crippen molar-refractivity contribution in [2.24, 2.45) is 5.92 Å². The molecule has 0 aliphatic heterocycles. The van der Waals surface area contributed by atoms with Crippen LogP contribution in [0.2, 0.25) is 0 Å². The fourth-order valence-electron chi connectivity index (χ4n) is 8.63. The number of nitrogens with zero attached hydrogens (tertiary/aromatic N) is 1. The van der Waals surface area contributed by atoms with Crippen LogP contribution < -0.4 is 0 Å². The smallest absolute Gasteiger partial charge is 0.130 e. The summed E-state index contributed by atoms with van der Waals surface area (Å²) in [6.45, 7) is 6.95. The van der Waals surface area contributed by atoms with Crippen molar-refractivity contribution in [3.8, 4) is 22.6 Å². The molecule has 0 spiro atoms. The van der Waals surface area contributed by atoms with Crippen molar-refractivity contribution in [3.63, 3.8) is 0 Å². The van der Waals surface area contributed by atoms with E-state index in [0.29, 0.717) is 5.75 Å². The second-order valence-corrected chi connectivity index (χ2v) is 13.8. The monoisotopic (exact) mass is 595 g/mol. The lowest BCUT2D eigenvalue weighted by Crippen LogP contribution is -2.15. The van der Waals surface area contributed by atoms with E-state index in [2.05, 4.69) is 153 Å². The second kappa shape index (κ2) is 9.96. The van der Waals surface area contributed by atoms with Gasteiger partial charge in [-0.25, -0.2) is 0 Å². The van der Waals surface area contributed by atoms with Crippen molar-refractivity contribution < 1.29 is 5.11 Å². The molecule has 5 aromatic carbocycles. The average Bonchev–Trinajstić information content (AvgIpc) is 3.55. The van der Waals surface area contributed by atoms with E-state index in [1.807, 2.05) is 0 Å². The number of phenolic OH excluding ortho intramolecular Hbond substituents is 1. The Bertz CT molecular complexity index is 2310. The van der Waals surface area contributed by atoms with Gasteiger partial charge in [0, 0.05) is 39.2 Å². The van der Waals surface area contributed by atoms with Gasteiger partial charge in [-0.2, -0.15) is 0 Å². The summed E-state index contributed by atoms with van der Waals surface area (Å²) in [4.78, 5) is 0. The molecule has 2 heteroatoms. The minimum absolute atomic E-state index is 0.0452. The Labute approximate surface area is 270 Å². The summed E-state index contributed by atoms with van der Waals surface area (Å²) in [5, 5.41) is 15.8. The molecule has 0 amide bonds. The number of phenols is 1. The predicted octanol–water partition coefficient (Wildman–Crippen LogP) is 11.1. The highest BCUT2D eigenvalue weighted by atomic mass is 16.3. The van der Waals surface area contributed by atoms with Gasteiger partial charge in [0.05, 0.1) is 10.9 Å². The first-order chi connectivity index (χ1) is 22.4. The molecule has 2 nitrogen and oxygen atoms in total. The fraction of sp³-hybridized carbons (Fsp3) is 0.182. The third-order valence-electron chi connectivity index (χ3n) is 10.9. The maximum absolute atomic E-state index is 12.5. The summed E-state index contributed by atoms with van der Waals surface area (Å²) < 4.78 is 2.42. The molecule has 46 heavy (non-hydrogen) atoms. The normalized spacial score (nSPS) is 19.2. The molecule has 2 atom stereocenters. The number of hydrogen-bond acceptors (Lipinski definition) is 1. The van der Waals surface area contributed by atoms with Crippen molar-refractivity contribution in [1.82, 2.24) is 4.57 Å². The van der Waals surface area contributed by atoms with Crippen LogP contribution in [0.3, 0.4) is 0 Å². The van der Waals surface area contributed by atoms with Crippen LogP contribution in [-0.4, -0.2) is 9.67 Å². The van der Waals surface area contributed by atoms with E-state index in [-0.39, 0.29) is 17.3 Å². The number of rotatable bonds is 3. The Morgan fingerprint density at radius 1 is 0.739 bits per heavy atom. The van der Waals surface area contributed by atoms with E-state index in [0.717, 1.165) is 45.9 Å². The molecule has 1 N–H and O–H groups in total. The topological polar surface area (TPSA) is 25.2 Å².